The average Bonchev–Trinajstić information content (AvgIpc) is 2.70. The number of benzene rings is 2. The van der Waals surface area contributed by atoms with Crippen molar-refractivity contribution in [2.45, 2.75) is 55.4 Å². The van der Waals surface area contributed by atoms with E-state index in [1.54, 1.807) is 6.07 Å². The molecule has 2 aromatic carbocycles. The number of aromatic hydroxyl groups is 2. The molecule has 0 spiro atoms. The van der Waals surface area contributed by atoms with Gasteiger partial charge in [0.05, 0.1) is 11.4 Å². The van der Waals surface area contributed by atoms with E-state index in [0.717, 1.165) is 33.4 Å². The van der Waals surface area contributed by atoms with Gasteiger partial charge in [-0.15, -0.1) is 0 Å². The van der Waals surface area contributed by atoms with E-state index in [1.807, 2.05) is 79.7 Å². The van der Waals surface area contributed by atoms with Crippen LogP contribution in [0.4, 0.5) is 11.6 Å². The first-order valence-corrected chi connectivity index (χ1v) is 10.7. The molecule has 3 rings (SSSR count). The van der Waals surface area contributed by atoms with Crippen molar-refractivity contribution in [2.75, 3.05) is 0 Å². The summed E-state index contributed by atoms with van der Waals surface area (Å²) in [6.07, 6.45) is 0. The van der Waals surface area contributed by atoms with Crippen LogP contribution >= 0.6 is 0 Å². The maximum Gasteiger partial charge on any atom is 0.157 e. The van der Waals surface area contributed by atoms with Crippen LogP contribution in [0.5, 0.6) is 11.5 Å². The third-order valence-corrected chi connectivity index (χ3v) is 5.89. The molecular weight excluding hydrogens is 398 g/mol. The number of hydrogen-bond acceptors (Lipinski definition) is 5. The van der Waals surface area contributed by atoms with Crippen molar-refractivity contribution in [1.82, 2.24) is 4.98 Å². The molecule has 0 bridgehead atoms. The van der Waals surface area contributed by atoms with Crippen molar-refractivity contribution in [3.8, 4) is 11.5 Å². The number of rotatable bonds is 4. The average molecular weight is 430 g/mol. The van der Waals surface area contributed by atoms with Crippen molar-refractivity contribution < 1.29 is 10.2 Å². The fourth-order valence-corrected chi connectivity index (χ4v) is 3.65. The molecule has 0 saturated heterocycles. The fourth-order valence-electron chi connectivity index (χ4n) is 3.65. The minimum Gasteiger partial charge on any atom is -0.507 e. The normalized spacial score (nSPS) is 12.4. The van der Waals surface area contributed by atoms with Gasteiger partial charge in [0, 0.05) is 11.1 Å². The first kappa shape index (κ1) is 23.2. The number of aromatic nitrogens is 1. The van der Waals surface area contributed by atoms with Crippen molar-refractivity contribution in [1.29, 1.82) is 0 Å². The minimum absolute atomic E-state index is 0.207. The second kappa shape index (κ2) is 8.95. The number of aryl methyl sites for hydroxylation is 5. The van der Waals surface area contributed by atoms with E-state index in [4.69, 9.17) is 4.99 Å². The highest BCUT2D eigenvalue weighted by atomic mass is 16.3. The van der Waals surface area contributed by atoms with Gasteiger partial charge >= 0.3 is 0 Å². The van der Waals surface area contributed by atoms with Crippen LogP contribution in [-0.2, 0) is 0 Å². The van der Waals surface area contributed by atoms with Gasteiger partial charge in [-0.25, -0.2) is 15.0 Å². The highest BCUT2D eigenvalue weighted by Gasteiger charge is 2.12. The number of aliphatic imine (C=N–C) groups is 2. The molecule has 1 aromatic heterocycles. The summed E-state index contributed by atoms with van der Waals surface area (Å²) in [5.41, 5.74) is 8.74. The zero-order valence-electron chi connectivity index (χ0n) is 20.1. The molecule has 0 saturated carbocycles. The predicted molar refractivity (Wildman–Crippen MR) is 133 cm³/mol. The standard InChI is InChI=1S/C27H31N3O2/c1-14-9-18(5)26(32)23(10-14)21(8)28-25-13-17(4)19(6)27(30-25)29-20(7)22-11-15(2)16(3)12-24(22)31/h9-13,31-32H,1-8H3. The second-order valence-corrected chi connectivity index (χ2v) is 8.57. The van der Waals surface area contributed by atoms with E-state index in [1.165, 1.54) is 0 Å². The number of nitrogens with zero attached hydrogens (tertiary/aromatic N) is 3. The van der Waals surface area contributed by atoms with Crippen LogP contribution in [0.15, 0.2) is 40.3 Å². The van der Waals surface area contributed by atoms with E-state index in [0.29, 0.717) is 34.2 Å². The molecule has 3 aromatic rings. The first-order valence-electron chi connectivity index (χ1n) is 10.7. The lowest BCUT2D eigenvalue weighted by molar-refractivity contribution is 0.469. The molecule has 0 aliphatic heterocycles. The molecule has 166 valence electrons. The fraction of sp³-hybridized carbons (Fsp3) is 0.296. The monoisotopic (exact) mass is 429 g/mol. The van der Waals surface area contributed by atoms with Crippen molar-refractivity contribution >= 4 is 23.1 Å². The van der Waals surface area contributed by atoms with Crippen LogP contribution in [0.25, 0.3) is 0 Å². The Labute approximate surface area is 190 Å². The van der Waals surface area contributed by atoms with Gasteiger partial charge in [-0.05, 0) is 113 Å². The summed E-state index contributed by atoms with van der Waals surface area (Å²) in [4.78, 5) is 14.1. The summed E-state index contributed by atoms with van der Waals surface area (Å²) in [5, 5.41) is 20.9. The van der Waals surface area contributed by atoms with E-state index >= 15 is 0 Å². The molecule has 0 unspecified atom stereocenters. The van der Waals surface area contributed by atoms with E-state index in [9.17, 15) is 10.2 Å². The second-order valence-electron chi connectivity index (χ2n) is 8.57. The van der Waals surface area contributed by atoms with Gasteiger partial charge in [0.1, 0.15) is 11.5 Å². The Balaban J connectivity index is 2.08. The summed E-state index contributed by atoms with van der Waals surface area (Å²) < 4.78 is 0. The third-order valence-electron chi connectivity index (χ3n) is 5.89. The van der Waals surface area contributed by atoms with Crippen LogP contribution in [0.2, 0.25) is 0 Å². The van der Waals surface area contributed by atoms with Crippen molar-refractivity contribution in [3.63, 3.8) is 0 Å². The van der Waals surface area contributed by atoms with Crippen molar-refractivity contribution in [2.24, 2.45) is 9.98 Å². The summed E-state index contributed by atoms with van der Waals surface area (Å²) in [6, 6.07) is 9.49. The van der Waals surface area contributed by atoms with Gasteiger partial charge in [0.15, 0.2) is 11.6 Å². The molecule has 0 atom stereocenters. The Bertz CT molecular complexity index is 1270. The third kappa shape index (κ3) is 4.72. The lowest BCUT2D eigenvalue weighted by Gasteiger charge is -2.11. The van der Waals surface area contributed by atoms with Gasteiger partial charge in [-0.2, -0.15) is 0 Å². The molecule has 5 heteroatoms. The van der Waals surface area contributed by atoms with Crippen LogP contribution in [0.3, 0.4) is 0 Å². The van der Waals surface area contributed by atoms with Gasteiger partial charge in [-0.1, -0.05) is 6.07 Å². The highest BCUT2D eigenvalue weighted by molar-refractivity contribution is 6.03. The van der Waals surface area contributed by atoms with Gasteiger partial charge in [0.25, 0.3) is 0 Å². The smallest absolute Gasteiger partial charge is 0.157 e. The van der Waals surface area contributed by atoms with E-state index < -0.39 is 0 Å². The molecule has 0 aliphatic rings. The Morgan fingerprint density at radius 2 is 1.31 bits per heavy atom. The number of pyridine rings is 1. The SMILES string of the molecule is CC(=Nc1nc(N=C(C)c2cc(C)cc(C)c2O)cc(C)c1C)c1cc(C)c(C)cc1O. The quantitative estimate of drug-likeness (QED) is 0.457. The van der Waals surface area contributed by atoms with Crippen LogP contribution < -0.4 is 0 Å². The van der Waals surface area contributed by atoms with Crippen LogP contribution in [0, 0.1) is 41.5 Å². The molecule has 0 fully saturated rings. The molecule has 0 radical (unpaired) electrons. The van der Waals surface area contributed by atoms with Gasteiger partial charge < -0.3 is 10.2 Å². The number of hydrogen-bond donors (Lipinski definition) is 2. The highest BCUT2D eigenvalue weighted by Crippen LogP contribution is 2.29. The molecular formula is C27H31N3O2. The topological polar surface area (TPSA) is 78.1 Å². The maximum atomic E-state index is 10.5. The Morgan fingerprint density at radius 1 is 0.688 bits per heavy atom. The summed E-state index contributed by atoms with van der Waals surface area (Å²) in [6.45, 7) is 15.6. The Kier molecular flexibility index (Phi) is 6.49. The first-order chi connectivity index (χ1) is 15.0. The van der Waals surface area contributed by atoms with E-state index in [2.05, 4.69) is 9.98 Å². The zero-order chi connectivity index (χ0) is 23.7. The largest absolute Gasteiger partial charge is 0.507 e. The molecule has 32 heavy (non-hydrogen) atoms. The molecule has 0 aliphatic carbocycles. The lowest BCUT2D eigenvalue weighted by Crippen LogP contribution is -2.00. The Morgan fingerprint density at radius 3 is 2.00 bits per heavy atom. The number of phenolic OH excluding ortho intramolecular Hbond substituents is 2. The summed E-state index contributed by atoms with van der Waals surface area (Å²) in [5.74, 6) is 1.54. The predicted octanol–water partition coefficient (Wildman–Crippen LogP) is 6.62. The molecule has 0 amide bonds. The molecule has 2 N–H and O–H groups in total. The lowest BCUT2D eigenvalue weighted by atomic mass is 10.0. The van der Waals surface area contributed by atoms with E-state index in [-0.39, 0.29) is 11.5 Å². The van der Waals surface area contributed by atoms with Crippen LogP contribution in [0.1, 0.15) is 58.4 Å². The van der Waals surface area contributed by atoms with Crippen LogP contribution in [-0.4, -0.2) is 26.6 Å². The summed E-state index contributed by atoms with van der Waals surface area (Å²) >= 11 is 0. The maximum absolute atomic E-state index is 10.5. The summed E-state index contributed by atoms with van der Waals surface area (Å²) in [7, 11) is 0. The zero-order valence-corrected chi connectivity index (χ0v) is 20.1. The van der Waals surface area contributed by atoms with Crippen molar-refractivity contribution in [3.05, 3.63) is 74.8 Å². The number of phenols is 2. The molecule has 5 nitrogen and oxygen atoms in total. The Hall–Kier alpha value is -3.47. The molecule has 1 heterocycles. The van der Waals surface area contributed by atoms with Gasteiger partial charge in [-0.3, -0.25) is 0 Å². The minimum atomic E-state index is 0.207. The van der Waals surface area contributed by atoms with Gasteiger partial charge in [0.2, 0.25) is 0 Å².